The SMILES string of the molecule is Cc1ccc(C(NN)C2C3CCCCC32)c(C)c1. The number of hydrogen-bond donors (Lipinski definition) is 2. The Hall–Kier alpha value is -0.860. The summed E-state index contributed by atoms with van der Waals surface area (Å²) in [4.78, 5) is 0. The molecule has 2 nitrogen and oxygen atoms in total. The first-order valence-electron chi connectivity index (χ1n) is 7.25. The van der Waals surface area contributed by atoms with Crippen molar-refractivity contribution in [2.45, 2.75) is 45.6 Å². The predicted molar refractivity (Wildman–Crippen MR) is 74.9 cm³/mol. The van der Waals surface area contributed by atoms with E-state index in [2.05, 4.69) is 37.5 Å². The van der Waals surface area contributed by atoms with Crippen LogP contribution < -0.4 is 11.3 Å². The van der Waals surface area contributed by atoms with Gasteiger partial charge in [0.2, 0.25) is 0 Å². The zero-order chi connectivity index (χ0) is 12.7. The molecule has 2 saturated carbocycles. The van der Waals surface area contributed by atoms with E-state index in [1.54, 1.807) is 0 Å². The van der Waals surface area contributed by atoms with Gasteiger partial charge in [-0.2, -0.15) is 0 Å². The van der Waals surface area contributed by atoms with Gasteiger partial charge in [0.15, 0.2) is 0 Å². The predicted octanol–water partition coefficient (Wildman–Crippen LogP) is 3.24. The highest BCUT2D eigenvalue weighted by Crippen LogP contribution is 2.60. The Kier molecular flexibility index (Phi) is 3.16. The lowest BCUT2D eigenvalue weighted by Crippen LogP contribution is -2.31. The first kappa shape index (κ1) is 12.2. The van der Waals surface area contributed by atoms with E-state index in [1.807, 2.05) is 0 Å². The average Bonchev–Trinajstić information content (AvgIpc) is 3.07. The minimum atomic E-state index is 0.360. The van der Waals surface area contributed by atoms with Crippen molar-refractivity contribution in [2.24, 2.45) is 23.6 Å². The number of nitrogens with one attached hydrogen (secondary N) is 1. The summed E-state index contributed by atoms with van der Waals surface area (Å²) in [6.45, 7) is 4.36. The van der Waals surface area contributed by atoms with Gasteiger partial charge in [-0.3, -0.25) is 11.3 Å². The van der Waals surface area contributed by atoms with Crippen molar-refractivity contribution in [3.05, 3.63) is 34.9 Å². The highest BCUT2D eigenvalue weighted by atomic mass is 15.2. The maximum absolute atomic E-state index is 5.86. The number of rotatable bonds is 3. The van der Waals surface area contributed by atoms with Crippen LogP contribution in [-0.4, -0.2) is 0 Å². The van der Waals surface area contributed by atoms with Crippen molar-refractivity contribution >= 4 is 0 Å². The van der Waals surface area contributed by atoms with Crippen LogP contribution in [0.5, 0.6) is 0 Å². The van der Waals surface area contributed by atoms with E-state index in [0.717, 1.165) is 17.8 Å². The normalized spacial score (nSPS) is 31.8. The van der Waals surface area contributed by atoms with Gasteiger partial charge >= 0.3 is 0 Å². The number of hydrazine groups is 1. The zero-order valence-corrected chi connectivity index (χ0v) is 11.4. The van der Waals surface area contributed by atoms with Crippen LogP contribution >= 0.6 is 0 Å². The van der Waals surface area contributed by atoms with E-state index >= 15 is 0 Å². The summed E-state index contributed by atoms with van der Waals surface area (Å²) in [5, 5.41) is 0. The standard InChI is InChI=1S/C16H24N2/c1-10-7-8-12(11(2)9-10)16(18-17)15-13-5-3-4-6-14(13)15/h7-9,13-16,18H,3-6,17H2,1-2H3. The van der Waals surface area contributed by atoms with E-state index in [1.165, 1.54) is 42.4 Å². The lowest BCUT2D eigenvalue weighted by molar-refractivity contribution is 0.454. The second-order valence-corrected chi connectivity index (χ2v) is 6.19. The maximum Gasteiger partial charge on any atom is 0.0496 e. The second-order valence-electron chi connectivity index (χ2n) is 6.19. The average molecular weight is 244 g/mol. The van der Waals surface area contributed by atoms with Gasteiger partial charge in [0, 0.05) is 6.04 Å². The summed E-state index contributed by atoms with van der Waals surface area (Å²) in [5.74, 6) is 8.50. The molecule has 98 valence electrons. The fourth-order valence-corrected chi connectivity index (χ4v) is 4.12. The van der Waals surface area contributed by atoms with Gasteiger partial charge in [0.1, 0.15) is 0 Å². The fourth-order valence-electron chi connectivity index (χ4n) is 4.12. The maximum atomic E-state index is 5.86. The molecule has 3 rings (SSSR count). The lowest BCUT2D eigenvalue weighted by atomic mass is 9.95. The van der Waals surface area contributed by atoms with Crippen LogP contribution in [-0.2, 0) is 0 Å². The largest absolute Gasteiger partial charge is 0.271 e. The Morgan fingerprint density at radius 3 is 2.39 bits per heavy atom. The van der Waals surface area contributed by atoms with Crippen molar-refractivity contribution in [1.82, 2.24) is 5.43 Å². The molecule has 2 aliphatic carbocycles. The molecule has 0 aromatic heterocycles. The first-order valence-corrected chi connectivity index (χ1v) is 7.25. The fraction of sp³-hybridized carbons (Fsp3) is 0.625. The summed E-state index contributed by atoms with van der Waals surface area (Å²) < 4.78 is 0. The topological polar surface area (TPSA) is 38.0 Å². The van der Waals surface area contributed by atoms with Crippen LogP contribution in [0.1, 0.15) is 48.4 Å². The Balaban J connectivity index is 1.84. The van der Waals surface area contributed by atoms with Gasteiger partial charge in [-0.1, -0.05) is 36.6 Å². The Morgan fingerprint density at radius 2 is 1.83 bits per heavy atom. The summed E-state index contributed by atoms with van der Waals surface area (Å²) in [5.41, 5.74) is 7.21. The summed E-state index contributed by atoms with van der Waals surface area (Å²) in [6, 6.07) is 7.10. The molecule has 0 amide bonds. The minimum absolute atomic E-state index is 0.360. The molecule has 3 N–H and O–H groups in total. The molecule has 1 aromatic rings. The zero-order valence-electron chi connectivity index (χ0n) is 11.4. The Bertz CT molecular complexity index is 429. The molecule has 2 aliphatic rings. The van der Waals surface area contributed by atoms with Crippen molar-refractivity contribution in [3.63, 3.8) is 0 Å². The molecule has 0 bridgehead atoms. The van der Waals surface area contributed by atoms with Crippen LogP contribution in [0.2, 0.25) is 0 Å². The third-order valence-electron chi connectivity index (χ3n) is 5.05. The smallest absolute Gasteiger partial charge is 0.0496 e. The third kappa shape index (κ3) is 1.98. The van der Waals surface area contributed by atoms with Crippen molar-refractivity contribution < 1.29 is 0 Å². The lowest BCUT2D eigenvalue weighted by Gasteiger charge is -2.19. The first-order chi connectivity index (χ1) is 8.72. The van der Waals surface area contributed by atoms with E-state index in [9.17, 15) is 0 Å². The van der Waals surface area contributed by atoms with Gasteiger partial charge in [-0.05, 0) is 55.6 Å². The van der Waals surface area contributed by atoms with Crippen LogP contribution in [0.4, 0.5) is 0 Å². The minimum Gasteiger partial charge on any atom is -0.271 e. The molecule has 0 saturated heterocycles. The number of hydrogen-bond acceptors (Lipinski definition) is 2. The highest BCUT2D eigenvalue weighted by Gasteiger charge is 2.54. The molecule has 0 heterocycles. The Morgan fingerprint density at radius 1 is 1.17 bits per heavy atom. The molecule has 0 aliphatic heterocycles. The van der Waals surface area contributed by atoms with E-state index < -0.39 is 0 Å². The van der Waals surface area contributed by atoms with Gasteiger partial charge < -0.3 is 0 Å². The van der Waals surface area contributed by atoms with E-state index in [0.29, 0.717) is 6.04 Å². The van der Waals surface area contributed by atoms with Crippen molar-refractivity contribution in [1.29, 1.82) is 0 Å². The second kappa shape index (κ2) is 4.67. The number of nitrogens with two attached hydrogens (primary N) is 1. The summed E-state index contributed by atoms with van der Waals surface area (Å²) in [7, 11) is 0. The number of aryl methyl sites for hydroxylation is 2. The van der Waals surface area contributed by atoms with E-state index in [4.69, 9.17) is 5.84 Å². The third-order valence-corrected chi connectivity index (χ3v) is 5.05. The van der Waals surface area contributed by atoms with Crippen molar-refractivity contribution in [3.8, 4) is 0 Å². The summed E-state index contributed by atoms with van der Waals surface area (Å²) in [6.07, 6.45) is 5.67. The van der Waals surface area contributed by atoms with Crippen LogP contribution in [0.15, 0.2) is 18.2 Å². The molecule has 18 heavy (non-hydrogen) atoms. The molecule has 2 heteroatoms. The Labute approximate surface area is 110 Å². The quantitative estimate of drug-likeness (QED) is 0.633. The van der Waals surface area contributed by atoms with Gasteiger partial charge in [-0.25, -0.2) is 0 Å². The molecule has 3 atom stereocenters. The number of fused-ring (bicyclic) bond motifs is 1. The molecule has 2 fully saturated rings. The molecule has 1 aromatic carbocycles. The number of benzene rings is 1. The monoisotopic (exact) mass is 244 g/mol. The molecular weight excluding hydrogens is 220 g/mol. The summed E-state index contributed by atoms with van der Waals surface area (Å²) >= 11 is 0. The van der Waals surface area contributed by atoms with Gasteiger partial charge in [0.25, 0.3) is 0 Å². The molecule has 0 radical (unpaired) electrons. The van der Waals surface area contributed by atoms with Gasteiger partial charge in [-0.15, -0.1) is 0 Å². The van der Waals surface area contributed by atoms with Crippen LogP contribution in [0.25, 0.3) is 0 Å². The molecular formula is C16H24N2. The molecule has 3 unspecified atom stereocenters. The molecule has 0 spiro atoms. The van der Waals surface area contributed by atoms with Crippen LogP contribution in [0.3, 0.4) is 0 Å². The van der Waals surface area contributed by atoms with Crippen LogP contribution in [0, 0.1) is 31.6 Å². The highest BCUT2D eigenvalue weighted by molar-refractivity contribution is 5.34. The van der Waals surface area contributed by atoms with Crippen molar-refractivity contribution in [2.75, 3.05) is 0 Å². The van der Waals surface area contributed by atoms with E-state index in [-0.39, 0.29) is 0 Å². The van der Waals surface area contributed by atoms with Gasteiger partial charge in [0.05, 0.1) is 0 Å².